The predicted octanol–water partition coefficient (Wildman–Crippen LogP) is 2.93. The van der Waals surface area contributed by atoms with E-state index in [9.17, 15) is 4.79 Å². The van der Waals surface area contributed by atoms with Gasteiger partial charge in [0.2, 0.25) is 0 Å². The fraction of sp³-hybridized carbons (Fsp3) is 0.500. The molecule has 0 bridgehead atoms. The summed E-state index contributed by atoms with van der Waals surface area (Å²) in [6.45, 7) is 5.07. The molecule has 0 aliphatic carbocycles. The first kappa shape index (κ1) is 13.8. The average Bonchev–Trinajstić information content (AvgIpc) is 2.82. The second-order valence-electron chi connectivity index (χ2n) is 4.70. The van der Waals surface area contributed by atoms with Gasteiger partial charge in [0.25, 0.3) is 0 Å². The molecular weight excluding hydrogens is 341 g/mol. The molecule has 1 atom stereocenters. The highest BCUT2D eigenvalue weighted by Gasteiger charge is 2.18. The molecule has 1 aromatic rings. The number of rotatable bonds is 4. The van der Waals surface area contributed by atoms with Crippen LogP contribution in [-0.4, -0.2) is 36.6 Å². The molecule has 1 aromatic carbocycles. The molecule has 0 spiro atoms. The molecule has 1 aliphatic rings. The van der Waals surface area contributed by atoms with Gasteiger partial charge in [0, 0.05) is 10.1 Å². The van der Waals surface area contributed by atoms with Gasteiger partial charge in [-0.1, -0.05) is 12.1 Å². The second-order valence-corrected chi connectivity index (χ2v) is 5.87. The van der Waals surface area contributed by atoms with Crippen LogP contribution in [0.4, 0.5) is 0 Å². The fourth-order valence-electron chi connectivity index (χ4n) is 2.24. The van der Waals surface area contributed by atoms with E-state index >= 15 is 0 Å². The first-order valence-corrected chi connectivity index (χ1v) is 7.42. The van der Waals surface area contributed by atoms with E-state index in [0.29, 0.717) is 5.56 Å². The summed E-state index contributed by atoms with van der Waals surface area (Å²) in [7, 11) is 0. The SMILES string of the molecule is C[C@@H](CN1CCCC1)OC(=O)c1ccccc1I. The molecule has 98 valence electrons. The van der Waals surface area contributed by atoms with Gasteiger partial charge in [-0.25, -0.2) is 4.79 Å². The number of carbonyl (C=O) groups excluding carboxylic acids is 1. The Morgan fingerprint density at radius 1 is 1.39 bits per heavy atom. The van der Waals surface area contributed by atoms with Crippen LogP contribution in [0.5, 0.6) is 0 Å². The van der Waals surface area contributed by atoms with Crippen LogP contribution >= 0.6 is 22.6 Å². The fourth-order valence-corrected chi connectivity index (χ4v) is 2.85. The molecule has 3 nitrogen and oxygen atoms in total. The lowest BCUT2D eigenvalue weighted by atomic mass is 10.2. The van der Waals surface area contributed by atoms with Gasteiger partial charge in [0.1, 0.15) is 6.10 Å². The highest BCUT2D eigenvalue weighted by atomic mass is 127. The van der Waals surface area contributed by atoms with E-state index in [0.717, 1.165) is 23.2 Å². The molecule has 1 fully saturated rings. The van der Waals surface area contributed by atoms with Crippen LogP contribution in [0, 0.1) is 3.57 Å². The smallest absolute Gasteiger partial charge is 0.339 e. The lowest BCUT2D eigenvalue weighted by Crippen LogP contribution is -2.31. The molecule has 18 heavy (non-hydrogen) atoms. The van der Waals surface area contributed by atoms with Crippen LogP contribution in [0.3, 0.4) is 0 Å². The average molecular weight is 359 g/mol. The van der Waals surface area contributed by atoms with Crippen LogP contribution < -0.4 is 0 Å². The maximum atomic E-state index is 12.0. The lowest BCUT2D eigenvalue weighted by Gasteiger charge is -2.20. The number of likely N-dealkylation sites (tertiary alicyclic amines) is 1. The van der Waals surface area contributed by atoms with E-state index in [1.165, 1.54) is 12.8 Å². The standard InChI is InChI=1S/C14H18INO2/c1-11(10-16-8-4-5-9-16)18-14(17)12-6-2-3-7-13(12)15/h2-3,6-7,11H,4-5,8-10H2,1H3/t11-/m0/s1. The Labute approximate surface area is 122 Å². The highest BCUT2D eigenvalue weighted by Crippen LogP contribution is 2.14. The first-order valence-electron chi connectivity index (χ1n) is 6.34. The van der Waals surface area contributed by atoms with Gasteiger partial charge in [0.05, 0.1) is 5.56 Å². The minimum absolute atomic E-state index is 0.0494. The summed E-state index contributed by atoms with van der Waals surface area (Å²) in [6, 6.07) is 7.52. The molecule has 1 aliphatic heterocycles. The normalized spacial score (nSPS) is 17.7. The number of carbonyl (C=O) groups is 1. The molecule has 0 radical (unpaired) electrons. The largest absolute Gasteiger partial charge is 0.458 e. The van der Waals surface area contributed by atoms with E-state index in [1.54, 1.807) is 0 Å². The van der Waals surface area contributed by atoms with Gasteiger partial charge in [-0.2, -0.15) is 0 Å². The van der Waals surface area contributed by atoms with Crippen molar-refractivity contribution < 1.29 is 9.53 Å². The quantitative estimate of drug-likeness (QED) is 0.612. The monoisotopic (exact) mass is 359 g/mol. The predicted molar refractivity (Wildman–Crippen MR) is 79.7 cm³/mol. The molecule has 0 aromatic heterocycles. The zero-order valence-corrected chi connectivity index (χ0v) is 12.7. The van der Waals surface area contributed by atoms with Crippen LogP contribution in [-0.2, 0) is 4.74 Å². The topological polar surface area (TPSA) is 29.5 Å². The van der Waals surface area contributed by atoms with Gasteiger partial charge >= 0.3 is 5.97 Å². The molecule has 0 N–H and O–H groups in total. The van der Waals surface area contributed by atoms with Crippen molar-refractivity contribution in [3.05, 3.63) is 33.4 Å². The van der Waals surface area contributed by atoms with Crippen molar-refractivity contribution in [2.45, 2.75) is 25.9 Å². The third-order valence-corrected chi connectivity index (χ3v) is 4.06. The van der Waals surface area contributed by atoms with E-state index in [4.69, 9.17) is 4.74 Å². The van der Waals surface area contributed by atoms with Gasteiger partial charge in [0.15, 0.2) is 0 Å². The third kappa shape index (κ3) is 3.68. The van der Waals surface area contributed by atoms with Gasteiger partial charge in [-0.3, -0.25) is 4.90 Å². The summed E-state index contributed by atoms with van der Waals surface area (Å²) >= 11 is 2.16. The molecule has 4 heteroatoms. The van der Waals surface area contributed by atoms with Crippen molar-refractivity contribution in [1.29, 1.82) is 0 Å². The molecule has 1 heterocycles. The minimum atomic E-state index is -0.216. The zero-order chi connectivity index (χ0) is 13.0. The van der Waals surface area contributed by atoms with Crippen molar-refractivity contribution in [3.63, 3.8) is 0 Å². The molecule has 1 saturated heterocycles. The number of benzene rings is 1. The molecule has 0 amide bonds. The highest BCUT2D eigenvalue weighted by molar-refractivity contribution is 14.1. The molecular formula is C14H18INO2. The Morgan fingerprint density at radius 2 is 2.06 bits per heavy atom. The van der Waals surface area contributed by atoms with Crippen molar-refractivity contribution in [2.75, 3.05) is 19.6 Å². The van der Waals surface area contributed by atoms with Gasteiger partial charge < -0.3 is 4.74 Å². The summed E-state index contributed by atoms with van der Waals surface area (Å²) in [5.74, 6) is -0.216. The Balaban J connectivity index is 1.88. The summed E-state index contributed by atoms with van der Waals surface area (Å²) in [4.78, 5) is 14.4. The Hall–Kier alpha value is -0.620. The van der Waals surface area contributed by atoms with Crippen LogP contribution in [0.25, 0.3) is 0 Å². The van der Waals surface area contributed by atoms with E-state index < -0.39 is 0 Å². The van der Waals surface area contributed by atoms with Crippen LogP contribution in [0.2, 0.25) is 0 Å². The summed E-state index contributed by atoms with van der Waals surface area (Å²) in [5.41, 5.74) is 0.659. The summed E-state index contributed by atoms with van der Waals surface area (Å²) in [5, 5.41) is 0. The second kappa shape index (κ2) is 6.52. The zero-order valence-electron chi connectivity index (χ0n) is 10.6. The lowest BCUT2D eigenvalue weighted by molar-refractivity contribution is 0.0270. The number of hydrogen-bond acceptors (Lipinski definition) is 3. The third-order valence-electron chi connectivity index (χ3n) is 3.12. The van der Waals surface area contributed by atoms with Crippen molar-refractivity contribution in [3.8, 4) is 0 Å². The summed E-state index contributed by atoms with van der Waals surface area (Å²) < 4.78 is 6.43. The van der Waals surface area contributed by atoms with E-state index in [1.807, 2.05) is 31.2 Å². The van der Waals surface area contributed by atoms with Crippen molar-refractivity contribution in [1.82, 2.24) is 4.90 Å². The molecule has 2 rings (SSSR count). The van der Waals surface area contributed by atoms with Gasteiger partial charge in [-0.15, -0.1) is 0 Å². The van der Waals surface area contributed by atoms with E-state index in [2.05, 4.69) is 27.5 Å². The first-order chi connectivity index (χ1) is 8.66. The number of halogens is 1. The Bertz CT molecular complexity index is 416. The maximum absolute atomic E-state index is 12.0. The Morgan fingerprint density at radius 3 is 2.72 bits per heavy atom. The number of hydrogen-bond donors (Lipinski definition) is 0. The molecule has 0 saturated carbocycles. The van der Waals surface area contributed by atoms with Crippen LogP contribution in [0.1, 0.15) is 30.1 Å². The maximum Gasteiger partial charge on any atom is 0.339 e. The molecule has 0 unspecified atom stereocenters. The van der Waals surface area contributed by atoms with Crippen molar-refractivity contribution >= 4 is 28.6 Å². The van der Waals surface area contributed by atoms with E-state index in [-0.39, 0.29) is 12.1 Å². The Kier molecular flexibility index (Phi) is 5.00. The number of nitrogens with zero attached hydrogens (tertiary/aromatic N) is 1. The minimum Gasteiger partial charge on any atom is -0.458 e. The van der Waals surface area contributed by atoms with Crippen LogP contribution in [0.15, 0.2) is 24.3 Å². The number of esters is 1. The van der Waals surface area contributed by atoms with Gasteiger partial charge in [-0.05, 0) is 67.6 Å². The summed E-state index contributed by atoms with van der Waals surface area (Å²) in [6.07, 6.45) is 2.47. The number of ether oxygens (including phenoxy) is 1. The van der Waals surface area contributed by atoms with Crippen molar-refractivity contribution in [2.24, 2.45) is 0 Å².